The predicted octanol–water partition coefficient (Wildman–Crippen LogP) is 3.85. The molecule has 18 heavy (non-hydrogen) atoms. The molecule has 1 aliphatic carbocycles. The van der Waals surface area contributed by atoms with Crippen molar-refractivity contribution in [1.82, 2.24) is 9.55 Å². The third kappa shape index (κ3) is 1.78. The lowest BCUT2D eigenvalue weighted by Gasteiger charge is -2.04. The van der Waals surface area contributed by atoms with Crippen LogP contribution in [0.1, 0.15) is 24.6 Å². The van der Waals surface area contributed by atoms with Crippen LogP contribution >= 0.6 is 23.2 Å². The molecule has 1 aromatic heterocycles. The number of nitrogens with two attached hydrogens (primary N) is 1. The molecular weight excluding hydrogens is 269 g/mol. The summed E-state index contributed by atoms with van der Waals surface area (Å²) < 4.78 is 1.95. The fourth-order valence-electron chi connectivity index (χ4n) is 2.12. The van der Waals surface area contributed by atoms with E-state index < -0.39 is 0 Å². The lowest BCUT2D eigenvalue weighted by Crippen LogP contribution is -2.00. The van der Waals surface area contributed by atoms with E-state index in [1.54, 1.807) is 6.07 Å². The third-order valence-electron chi connectivity index (χ3n) is 3.32. The summed E-state index contributed by atoms with van der Waals surface area (Å²) in [7, 11) is 1.94. The van der Waals surface area contributed by atoms with Gasteiger partial charge in [-0.15, -0.1) is 0 Å². The largest absolute Gasteiger partial charge is 0.383 e. The number of halogens is 2. The number of imidazole rings is 1. The molecule has 0 saturated heterocycles. The van der Waals surface area contributed by atoms with Crippen LogP contribution in [0.4, 0.5) is 5.82 Å². The SMILES string of the molecule is Cn1c(C2CC2)nc(-c2cccc(Cl)c2Cl)c1N. The van der Waals surface area contributed by atoms with Gasteiger partial charge in [0.15, 0.2) is 0 Å². The van der Waals surface area contributed by atoms with Crippen molar-refractivity contribution >= 4 is 29.0 Å². The van der Waals surface area contributed by atoms with E-state index in [1.165, 1.54) is 12.8 Å². The van der Waals surface area contributed by atoms with Crippen LogP contribution < -0.4 is 5.73 Å². The molecule has 1 saturated carbocycles. The van der Waals surface area contributed by atoms with E-state index in [1.807, 2.05) is 23.7 Å². The molecule has 3 rings (SSSR count). The highest BCUT2D eigenvalue weighted by Gasteiger charge is 2.30. The first-order valence-corrected chi connectivity index (χ1v) is 6.61. The van der Waals surface area contributed by atoms with Crippen molar-refractivity contribution in [2.45, 2.75) is 18.8 Å². The van der Waals surface area contributed by atoms with E-state index in [-0.39, 0.29) is 0 Å². The van der Waals surface area contributed by atoms with Gasteiger partial charge in [-0.2, -0.15) is 0 Å². The van der Waals surface area contributed by atoms with Crippen LogP contribution in [0.3, 0.4) is 0 Å². The molecule has 0 aliphatic heterocycles. The minimum Gasteiger partial charge on any atom is -0.383 e. The Labute approximate surface area is 116 Å². The van der Waals surface area contributed by atoms with Crippen LogP contribution in [-0.2, 0) is 7.05 Å². The van der Waals surface area contributed by atoms with E-state index in [0.717, 1.165) is 17.1 Å². The van der Waals surface area contributed by atoms with Crippen molar-refractivity contribution in [3.8, 4) is 11.3 Å². The van der Waals surface area contributed by atoms with Crippen molar-refractivity contribution in [3.05, 3.63) is 34.1 Å². The summed E-state index contributed by atoms with van der Waals surface area (Å²) in [5.74, 6) is 2.23. The lowest BCUT2D eigenvalue weighted by atomic mass is 10.1. The van der Waals surface area contributed by atoms with Gasteiger partial charge in [0.25, 0.3) is 0 Å². The Bertz CT molecular complexity index is 615. The molecule has 0 amide bonds. The van der Waals surface area contributed by atoms with Crippen LogP contribution in [0.5, 0.6) is 0 Å². The Morgan fingerprint density at radius 1 is 1.33 bits per heavy atom. The number of anilines is 1. The summed E-state index contributed by atoms with van der Waals surface area (Å²) in [6.45, 7) is 0. The minimum atomic E-state index is 0.506. The van der Waals surface area contributed by atoms with Crippen LogP contribution in [0.15, 0.2) is 18.2 Å². The Morgan fingerprint density at radius 2 is 2.06 bits per heavy atom. The molecule has 0 radical (unpaired) electrons. The Kier molecular flexibility index (Phi) is 2.76. The van der Waals surface area contributed by atoms with Gasteiger partial charge in [0.2, 0.25) is 0 Å². The molecule has 0 spiro atoms. The number of hydrogen-bond acceptors (Lipinski definition) is 2. The van der Waals surface area contributed by atoms with Crippen molar-refractivity contribution in [2.24, 2.45) is 7.05 Å². The summed E-state index contributed by atoms with van der Waals surface area (Å²) in [4.78, 5) is 4.64. The van der Waals surface area contributed by atoms with Gasteiger partial charge < -0.3 is 10.3 Å². The highest BCUT2D eigenvalue weighted by Crippen LogP contribution is 2.43. The van der Waals surface area contributed by atoms with Crippen LogP contribution in [0.2, 0.25) is 10.0 Å². The van der Waals surface area contributed by atoms with Gasteiger partial charge in [-0.1, -0.05) is 35.3 Å². The molecular formula is C13H13Cl2N3. The molecule has 1 aliphatic rings. The zero-order valence-corrected chi connectivity index (χ0v) is 11.5. The van der Waals surface area contributed by atoms with E-state index in [9.17, 15) is 0 Å². The average molecular weight is 282 g/mol. The molecule has 1 fully saturated rings. The summed E-state index contributed by atoms with van der Waals surface area (Å²) in [6.07, 6.45) is 2.38. The topological polar surface area (TPSA) is 43.8 Å². The van der Waals surface area contributed by atoms with Crippen LogP contribution in [0, 0.1) is 0 Å². The molecule has 1 aromatic carbocycles. The number of nitrogens with zero attached hydrogens (tertiary/aromatic N) is 2. The smallest absolute Gasteiger partial charge is 0.131 e. The summed E-state index contributed by atoms with van der Waals surface area (Å²) in [5.41, 5.74) is 7.64. The zero-order chi connectivity index (χ0) is 12.9. The van der Waals surface area contributed by atoms with Gasteiger partial charge in [-0.25, -0.2) is 4.98 Å². The molecule has 2 aromatic rings. The van der Waals surface area contributed by atoms with E-state index in [0.29, 0.717) is 21.8 Å². The highest BCUT2D eigenvalue weighted by molar-refractivity contribution is 6.43. The quantitative estimate of drug-likeness (QED) is 0.909. The minimum absolute atomic E-state index is 0.506. The molecule has 1 heterocycles. The summed E-state index contributed by atoms with van der Waals surface area (Å²) in [5, 5.41) is 1.03. The average Bonchev–Trinajstić information content (AvgIpc) is 3.14. The Balaban J connectivity index is 2.17. The Hall–Kier alpha value is -1.19. The van der Waals surface area contributed by atoms with E-state index >= 15 is 0 Å². The first-order chi connectivity index (χ1) is 8.59. The standard InChI is InChI=1S/C13H13Cl2N3/c1-18-12(16)11(17-13(18)7-5-6-7)8-3-2-4-9(14)10(8)15/h2-4,7H,5-6,16H2,1H3. The second kappa shape index (κ2) is 4.18. The molecule has 94 valence electrons. The van der Waals surface area contributed by atoms with E-state index in [4.69, 9.17) is 28.9 Å². The monoisotopic (exact) mass is 281 g/mol. The number of benzene rings is 1. The first kappa shape index (κ1) is 11.9. The van der Waals surface area contributed by atoms with Crippen molar-refractivity contribution < 1.29 is 0 Å². The van der Waals surface area contributed by atoms with Gasteiger partial charge in [0.1, 0.15) is 17.3 Å². The number of aromatic nitrogens is 2. The molecule has 3 nitrogen and oxygen atoms in total. The zero-order valence-electron chi connectivity index (χ0n) is 9.95. The third-order valence-corrected chi connectivity index (χ3v) is 4.14. The van der Waals surface area contributed by atoms with Gasteiger partial charge in [0, 0.05) is 18.5 Å². The van der Waals surface area contributed by atoms with E-state index in [2.05, 4.69) is 4.98 Å². The predicted molar refractivity (Wildman–Crippen MR) is 75.1 cm³/mol. The second-order valence-electron chi connectivity index (χ2n) is 4.64. The summed E-state index contributed by atoms with van der Waals surface area (Å²) in [6, 6.07) is 5.51. The van der Waals surface area contributed by atoms with Crippen molar-refractivity contribution in [3.63, 3.8) is 0 Å². The van der Waals surface area contributed by atoms with Crippen molar-refractivity contribution in [2.75, 3.05) is 5.73 Å². The van der Waals surface area contributed by atoms with Gasteiger partial charge in [-0.3, -0.25) is 0 Å². The fourth-order valence-corrected chi connectivity index (χ4v) is 2.51. The molecule has 0 unspecified atom stereocenters. The Morgan fingerprint density at radius 3 is 2.72 bits per heavy atom. The molecule has 0 atom stereocenters. The van der Waals surface area contributed by atoms with Crippen molar-refractivity contribution in [1.29, 1.82) is 0 Å². The number of hydrogen-bond donors (Lipinski definition) is 1. The maximum Gasteiger partial charge on any atom is 0.131 e. The molecule has 0 bridgehead atoms. The first-order valence-electron chi connectivity index (χ1n) is 5.86. The fraction of sp³-hybridized carbons (Fsp3) is 0.308. The maximum absolute atomic E-state index is 6.22. The number of nitrogen functional groups attached to an aromatic ring is 1. The molecule has 5 heteroatoms. The number of rotatable bonds is 2. The lowest BCUT2D eigenvalue weighted by molar-refractivity contribution is 0.807. The molecule has 2 N–H and O–H groups in total. The summed E-state index contributed by atoms with van der Waals surface area (Å²) >= 11 is 12.2. The van der Waals surface area contributed by atoms with Crippen LogP contribution in [0.25, 0.3) is 11.3 Å². The maximum atomic E-state index is 6.22. The van der Waals surface area contributed by atoms with Crippen LogP contribution in [-0.4, -0.2) is 9.55 Å². The highest BCUT2D eigenvalue weighted by atomic mass is 35.5. The van der Waals surface area contributed by atoms with Gasteiger partial charge >= 0.3 is 0 Å². The van der Waals surface area contributed by atoms with Gasteiger partial charge in [-0.05, 0) is 18.9 Å². The van der Waals surface area contributed by atoms with Gasteiger partial charge in [0.05, 0.1) is 10.0 Å². The second-order valence-corrected chi connectivity index (χ2v) is 5.42. The normalized spacial score (nSPS) is 15.1.